The van der Waals surface area contributed by atoms with Crippen LogP contribution in [0.1, 0.15) is 37.2 Å². The molecule has 0 spiro atoms. The van der Waals surface area contributed by atoms with Crippen molar-refractivity contribution >= 4 is 11.6 Å². The van der Waals surface area contributed by atoms with Crippen LogP contribution in [0.25, 0.3) is 0 Å². The summed E-state index contributed by atoms with van der Waals surface area (Å²) in [4.78, 5) is 4.27. The van der Waals surface area contributed by atoms with E-state index in [9.17, 15) is 0 Å². The fourth-order valence-corrected chi connectivity index (χ4v) is 1.53. The average molecular weight is 256 g/mol. The van der Waals surface area contributed by atoms with E-state index in [2.05, 4.69) is 20.5 Å². The van der Waals surface area contributed by atoms with E-state index in [-0.39, 0.29) is 5.92 Å². The monoisotopic (exact) mass is 255 g/mol. The van der Waals surface area contributed by atoms with Crippen LogP contribution in [0, 0.1) is 0 Å². The van der Waals surface area contributed by atoms with Gasteiger partial charge in [0.1, 0.15) is 6.54 Å². The van der Waals surface area contributed by atoms with Gasteiger partial charge in [-0.2, -0.15) is 4.98 Å². The van der Waals surface area contributed by atoms with Crippen LogP contribution in [0.4, 0.5) is 0 Å². The lowest BCUT2D eigenvalue weighted by Gasteiger charge is -1.93. The first-order valence-electron chi connectivity index (χ1n) is 5.46. The Morgan fingerprint density at radius 3 is 2.94 bits per heavy atom. The molecule has 2 aromatic rings. The van der Waals surface area contributed by atoms with Crippen molar-refractivity contribution < 1.29 is 4.52 Å². The Bertz CT molecular complexity index is 479. The maximum atomic E-state index is 5.63. The summed E-state index contributed by atoms with van der Waals surface area (Å²) >= 11 is 5.63. The summed E-state index contributed by atoms with van der Waals surface area (Å²) in [6.07, 6.45) is 2.55. The third kappa shape index (κ3) is 3.03. The van der Waals surface area contributed by atoms with Crippen molar-refractivity contribution in [1.82, 2.24) is 25.1 Å². The summed E-state index contributed by atoms with van der Waals surface area (Å²) in [6, 6.07) is 0. The lowest BCUT2D eigenvalue weighted by molar-refractivity contribution is 0.358. The lowest BCUT2D eigenvalue weighted by Crippen LogP contribution is -2.01. The molecule has 0 bridgehead atoms. The minimum absolute atomic E-state index is 0.259. The first-order chi connectivity index (χ1) is 8.19. The predicted octanol–water partition coefficient (Wildman–Crippen LogP) is 1.61. The van der Waals surface area contributed by atoms with Gasteiger partial charge in [0, 0.05) is 24.4 Å². The van der Waals surface area contributed by atoms with Gasteiger partial charge in [0.2, 0.25) is 5.89 Å². The summed E-state index contributed by atoms with van der Waals surface area (Å²) in [6.45, 7) is 4.47. The number of hydrogen-bond acceptors (Lipinski definition) is 5. The zero-order chi connectivity index (χ0) is 12.3. The zero-order valence-electron chi connectivity index (χ0n) is 9.80. The van der Waals surface area contributed by atoms with Crippen LogP contribution in [-0.2, 0) is 13.0 Å². The molecule has 2 heterocycles. The fraction of sp³-hybridized carbons (Fsp3) is 0.600. The molecule has 0 saturated heterocycles. The minimum atomic E-state index is 0.259. The van der Waals surface area contributed by atoms with E-state index in [1.54, 1.807) is 4.68 Å². The molecule has 0 aliphatic heterocycles. The Kier molecular flexibility index (Phi) is 3.73. The van der Waals surface area contributed by atoms with Gasteiger partial charge in [0.05, 0.1) is 5.69 Å². The van der Waals surface area contributed by atoms with Gasteiger partial charge in [-0.1, -0.05) is 24.2 Å². The molecule has 17 heavy (non-hydrogen) atoms. The van der Waals surface area contributed by atoms with Gasteiger partial charge in [-0.25, -0.2) is 4.68 Å². The largest absolute Gasteiger partial charge is 0.337 e. The second-order valence-electron chi connectivity index (χ2n) is 4.05. The summed E-state index contributed by atoms with van der Waals surface area (Å²) in [5, 5.41) is 11.8. The zero-order valence-corrected chi connectivity index (χ0v) is 10.6. The van der Waals surface area contributed by atoms with E-state index in [1.165, 1.54) is 0 Å². The van der Waals surface area contributed by atoms with Gasteiger partial charge in [-0.3, -0.25) is 0 Å². The number of rotatable bonds is 5. The summed E-state index contributed by atoms with van der Waals surface area (Å²) in [5.41, 5.74) is 0.864. The lowest BCUT2D eigenvalue weighted by atomic mass is 10.2. The van der Waals surface area contributed by atoms with Crippen LogP contribution >= 0.6 is 11.6 Å². The molecule has 0 aliphatic carbocycles. The van der Waals surface area contributed by atoms with Gasteiger partial charge in [0.15, 0.2) is 5.82 Å². The van der Waals surface area contributed by atoms with Crippen LogP contribution in [0.5, 0.6) is 0 Å². The third-order valence-corrected chi connectivity index (χ3v) is 2.42. The maximum absolute atomic E-state index is 5.63. The van der Waals surface area contributed by atoms with Gasteiger partial charge in [-0.05, 0) is 0 Å². The second kappa shape index (κ2) is 5.27. The number of nitrogens with zero attached hydrogens (tertiary/aromatic N) is 5. The highest BCUT2D eigenvalue weighted by Crippen LogP contribution is 2.10. The highest BCUT2D eigenvalue weighted by molar-refractivity contribution is 6.17. The smallest absolute Gasteiger partial charge is 0.248 e. The number of hydrogen-bond donors (Lipinski definition) is 0. The number of alkyl halides is 1. The summed E-state index contributed by atoms with van der Waals surface area (Å²) in [5.74, 6) is 2.05. The van der Waals surface area contributed by atoms with Crippen molar-refractivity contribution in [2.75, 3.05) is 5.88 Å². The highest BCUT2D eigenvalue weighted by atomic mass is 35.5. The minimum Gasteiger partial charge on any atom is -0.337 e. The average Bonchev–Trinajstić information content (AvgIpc) is 2.89. The molecule has 92 valence electrons. The highest BCUT2D eigenvalue weighted by Gasteiger charge is 2.10. The van der Waals surface area contributed by atoms with Gasteiger partial charge < -0.3 is 4.52 Å². The number of halogens is 1. The molecule has 0 N–H and O–H groups in total. The number of aromatic nitrogens is 5. The van der Waals surface area contributed by atoms with Crippen molar-refractivity contribution in [3.63, 3.8) is 0 Å². The molecule has 0 aliphatic rings. The molecular formula is C10H14ClN5O. The third-order valence-electron chi connectivity index (χ3n) is 2.23. The van der Waals surface area contributed by atoms with E-state index >= 15 is 0 Å². The molecule has 2 aromatic heterocycles. The first kappa shape index (κ1) is 12.0. The molecule has 6 nitrogen and oxygen atoms in total. The molecule has 0 aromatic carbocycles. The Balaban J connectivity index is 2.03. The van der Waals surface area contributed by atoms with Crippen molar-refractivity contribution in [1.29, 1.82) is 0 Å². The Hall–Kier alpha value is -1.43. The molecule has 0 fully saturated rings. The van der Waals surface area contributed by atoms with Crippen molar-refractivity contribution in [2.24, 2.45) is 0 Å². The van der Waals surface area contributed by atoms with Crippen LogP contribution in [-0.4, -0.2) is 31.0 Å². The van der Waals surface area contributed by atoms with Gasteiger partial charge in [0.25, 0.3) is 0 Å². The van der Waals surface area contributed by atoms with Crippen LogP contribution < -0.4 is 0 Å². The second-order valence-corrected chi connectivity index (χ2v) is 4.43. The molecule has 0 unspecified atom stereocenters. The molecule has 0 saturated carbocycles. The van der Waals surface area contributed by atoms with Crippen LogP contribution in [0.2, 0.25) is 0 Å². The summed E-state index contributed by atoms with van der Waals surface area (Å²) < 4.78 is 6.79. The molecule has 7 heteroatoms. The van der Waals surface area contributed by atoms with E-state index in [0.717, 1.165) is 5.69 Å². The SMILES string of the molecule is CC(C)c1noc(Cn2cc(CCCl)nn2)n1. The molecule has 0 atom stereocenters. The van der Waals surface area contributed by atoms with Crippen LogP contribution in [0.15, 0.2) is 10.7 Å². The maximum Gasteiger partial charge on any atom is 0.248 e. The standard InChI is InChI=1S/C10H14ClN5O/c1-7(2)10-12-9(17-14-10)6-16-5-8(3-4-11)13-15-16/h5,7H,3-4,6H2,1-2H3. The molecule has 2 rings (SSSR count). The topological polar surface area (TPSA) is 69.6 Å². The Morgan fingerprint density at radius 1 is 1.47 bits per heavy atom. The van der Waals surface area contributed by atoms with Crippen molar-refractivity contribution in [3.05, 3.63) is 23.6 Å². The van der Waals surface area contributed by atoms with E-state index < -0.39 is 0 Å². The van der Waals surface area contributed by atoms with E-state index in [4.69, 9.17) is 16.1 Å². The molecule has 0 amide bonds. The normalized spacial score (nSPS) is 11.3. The van der Waals surface area contributed by atoms with E-state index in [0.29, 0.717) is 30.6 Å². The predicted molar refractivity (Wildman–Crippen MR) is 61.9 cm³/mol. The first-order valence-corrected chi connectivity index (χ1v) is 6.00. The Labute approximate surface area is 104 Å². The number of aryl methyl sites for hydroxylation is 1. The van der Waals surface area contributed by atoms with Crippen molar-refractivity contribution in [2.45, 2.75) is 32.7 Å². The Morgan fingerprint density at radius 2 is 2.29 bits per heavy atom. The van der Waals surface area contributed by atoms with Crippen molar-refractivity contribution in [3.8, 4) is 0 Å². The summed E-state index contributed by atoms with van der Waals surface area (Å²) in [7, 11) is 0. The quantitative estimate of drug-likeness (QED) is 0.760. The van der Waals surface area contributed by atoms with E-state index in [1.807, 2.05) is 20.0 Å². The van der Waals surface area contributed by atoms with Gasteiger partial charge >= 0.3 is 0 Å². The fourth-order valence-electron chi connectivity index (χ4n) is 1.33. The van der Waals surface area contributed by atoms with Crippen LogP contribution in [0.3, 0.4) is 0 Å². The van der Waals surface area contributed by atoms with Gasteiger partial charge in [-0.15, -0.1) is 16.7 Å². The molecular weight excluding hydrogens is 242 g/mol. The molecule has 0 radical (unpaired) electrons.